The molecular weight excluding hydrogens is 583 g/mol. The van der Waals surface area contributed by atoms with Crippen LogP contribution < -0.4 is 10.2 Å². The lowest BCUT2D eigenvalue weighted by Crippen LogP contribution is -2.19. The molecular formula is C26H17BrF3N5O2S. The Labute approximate surface area is 226 Å². The van der Waals surface area contributed by atoms with Gasteiger partial charge in [0.25, 0.3) is 5.91 Å². The standard InChI is InChI=1S/C26H17BrF3N5O2S/c27-18-9-7-16(8-10-18)15-37-21-5-2-1-4-17(21)14-31-33-25(36)20-13-24-32-19(22-6-3-11-38-22)12-23(26(28,29)30)35(24)34-20/h1-14H,15H2,(H,33,36)/b31-14+. The molecule has 0 saturated carbocycles. The van der Waals surface area contributed by atoms with Crippen molar-refractivity contribution >= 4 is 45.0 Å². The lowest BCUT2D eigenvalue weighted by Gasteiger charge is -2.10. The summed E-state index contributed by atoms with van der Waals surface area (Å²) in [7, 11) is 0. The highest BCUT2D eigenvalue weighted by molar-refractivity contribution is 9.10. The Balaban J connectivity index is 1.33. The second-order valence-electron chi connectivity index (χ2n) is 7.95. The number of aromatic nitrogens is 3. The lowest BCUT2D eigenvalue weighted by atomic mass is 10.2. The zero-order chi connectivity index (χ0) is 26.7. The first-order valence-corrected chi connectivity index (χ1v) is 12.8. The number of benzene rings is 2. The molecule has 1 N–H and O–H groups in total. The Bertz CT molecular complexity index is 1620. The van der Waals surface area contributed by atoms with Gasteiger partial charge in [-0.25, -0.2) is 14.9 Å². The minimum atomic E-state index is -4.70. The number of carbonyl (C=O) groups is 1. The Hall–Kier alpha value is -4.03. The van der Waals surface area contributed by atoms with Crippen LogP contribution in [0.1, 0.15) is 27.3 Å². The van der Waals surface area contributed by atoms with Crippen LogP contribution in [0.3, 0.4) is 0 Å². The van der Waals surface area contributed by atoms with Crippen LogP contribution in [0.15, 0.2) is 87.8 Å². The number of hydrogen-bond donors (Lipinski definition) is 1. The van der Waals surface area contributed by atoms with Gasteiger partial charge in [0.1, 0.15) is 12.4 Å². The number of thiophene rings is 1. The molecule has 0 radical (unpaired) electrons. The molecule has 3 aromatic heterocycles. The first-order chi connectivity index (χ1) is 18.3. The van der Waals surface area contributed by atoms with Crippen LogP contribution >= 0.6 is 27.3 Å². The van der Waals surface area contributed by atoms with Gasteiger partial charge in [-0.15, -0.1) is 11.3 Å². The molecule has 0 aliphatic carbocycles. The number of hydrazone groups is 1. The van der Waals surface area contributed by atoms with E-state index in [4.69, 9.17) is 4.74 Å². The molecule has 5 aromatic rings. The van der Waals surface area contributed by atoms with Gasteiger partial charge in [0.2, 0.25) is 0 Å². The number of alkyl halides is 3. The van der Waals surface area contributed by atoms with Crippen LogP contribution in [0.2, 0.25) is 0 Å². The molecule has 0 unspecified atom stereocenters. The molecule has 2 aromatic carbocycles. The lowest BCUT2D eigenvalue weighted by molar-refractivity contribution is -0.142. The monoisotopic (exact) mass is 599 g/mol. The van der Waals surface area contributed by atoms with Gasteiger partial charge in [-0.3, -0.25) is 4.79 Å². The van der Waals surface area contributed by atoms with Crippen molar-refractivity contribution in [1.82, 2.24) is 20.0 Å². The first kappa shape index (κ1) is 25.6. The van der Waals surface area contributed by atoms with Crippen LogP contribution in [0.4, 0.5) is 13.2 Å². The molecule has 0 aliphatic rings. The molecule has 3 heterocycles. The number of rotatable bonds is 7. The van der Waals surface area contributed by atoms with Gasteiger partial charge in [0.15, 0.2) is 17.0 Å². The van der Waals surface area contributed by atoms with Gasteiger partial charge >= 0.3 is 6.18 Å². The topological polar surface area (TPSA) is 80.9 Å². The van der Waals surface area contributed by atoms with Crippen LogP contribution in [0.25, 0.3) is 16.2 Å². The number of ether oxygens (including phenoxy) is 1. The third-order valence-corrected chi connectivity index (χ3v) is 6.74. The Morgan fingerprint density at radius 1 is 1.11 bits per heavy atom. The van der Waals surface area contributed by atoms with Crippen LogP contribution in [-0.2, 0) is 12.8 Å². The molecule has 12 heteroatoms. The summed E-state index contributed by atoms with van der Waals surface area (Å²) in [6.07, 6.45) is -3.32. The summed E-state index contributed by atoms with van der Waals surface area (Å²) in [5, 5.41) is 9.52. The highest BCUT2D eigenvalue weighted by Gasteiger charge is 2.35. The van der Waals surface area contributed by atoms with Crippen molar-refractivity contribution < 1.29 is 22.7 Å². The van der Waals surface area contributed by atoms with E-state index in [1.807, 2.05) is 24.3 Å². The number of halogens is 4. The predicted molar refractivity (Wildman–Crippen MR) is 141 cm³/mol. The van der Waals surface area contributed by atoms with E-state index in [0.29, 0.717) is 27.3 Å². The van der Waals surface area contributed by atoms with E-state index in [-0.39, 0.29) is 17.0 Å². The number of amides is 1. The van der Waals surface area contributed by atoms with Crippen molar-refractivity contribution in [2.45, 2.75) is 12.8 Å². The average Bonchev–Trinajstić information content (AvgIpc) is 3.58. The van der Waals surface area contributed by atoms with Crippen LogP contribution in [-0.4, -0.2) is 26.7 Å². The van der Waals surface area contributed by atoms with Gasteiger partial charge in [-0.1, -0.05) is 46.3 Å². The van der Waals surface area contributed by atoms with Crippen molar-refractivity contribution in [3.63, 3.8) is 0 Å². The molecule has 0 saturated heterocycles. The molecule has 0 spiro atoms. The molecule has 0 bridgehead atoms. The molecule has 0 atom stereocenters. The number of fused-ring (bicyclic) bond motifs is 1. The Morgan fingerprint density at radius 3 is 2.63 bits per heavy atom. The SMILES string of the molecule is O=C(N/N=C/c1ccccc1OCc1ccc(Br)cc1)c1cc2nc(-c3cccs3)cc(C(F)(F)F)n2n1. The van der Waals surface area contributed by atoms with E-state index in [0.717, 1.165) is 16.1 Å². The summed E-state index contributed by atoms with van der Waals surface area (Å²) in [4.78, 5) is 17.5. The van der Waals surface area contributed by atoms with Crippen LogP contribution in [0, 0.1) is 0 Å². The number of nitrogens with zero attached hydrogens (tertiary/aromatic N) is 4. The molecule has 5 rings (SSSR count). The maximum atomic E-state index is 13.7. The van der Waals surface area contributed by atoms with Crippen molar-refractivity contribution in [1.29, 1.82) is 0 Å². The molecule has 1 amide bonds. The fourth-order valence-corrected chi connectivity index (χ4v) is 4.47. The third kappa shape index (κ3) is 5.76. The van der Waals surface area contributed by atoms with Crippen molar-refractivity contribution in [3.05, 3.63) is 105 Å². The smallest absolute Gasteiger partial charge is 0.433 e. The normalized spacial score (nSPS) is 11.8. The van der Waals surface area contributed by atoms with Crippen LogP contribution in [0.5, 0.6) is 5.75 Å². The third-order valence-electron chi connectivity index (χ3n) is 5.32. The zero-order valence-electron chi connectivity index (χ0n) is 19.3. The fourth-order valence-electron chi connectivity index (χ4n) is 3.52. The van der Waals surface area contributed by atoms with Crippen molar-refractivity contribution in [2.75, 3.05) is 0 Å². The predicted octanol–water partition coefficient (Wildman–Crippen LogP) is 6.58. The zero-order valence-corrected chi connectivity index (χ0v) is 21.7. The maximum Gasteiger partial charge on any atom is 0.433 e. The maximum absolute atomic E-state index is 13.7. The van der Waals surface area contributed by atoms with Crippen molar-refractivity contribution in [3.8, 4) is 16.3 Å². The van der Waals surface area contributed by atoms with Gasteiger partial charge < -0.3 is 4.74 Å². The average molecular weight is 600 g/mol. The number of para-hydroxylation sites is 1. The summed E-state index contributed by atoms with van der Waals surface area (Å²) in [6.45, 7) is 0.327. The van der Waals surface area contributed by atoms with E-state index in [1.165, 1.54) is 23.6 Å². The minimum absolute atomic E-state index is 0.107. The van der Waals surface area contributed by atoms with E-state index in [1.54, 1.807) is 41.8 Å². The van der Waals surface area contributed by atoms with Gasteiger partial charge in [0, 0.05) is 16.1 Å². The Kier molecular flexibility index (Phi) is 7.25. The first-order valence-electron chi connectivity index (χ1n) is 11.1. The number of carbonyl (C=O) groups excluding carboxylic acids is 1. The summed E-state index contributed by atoms with van der Waals surface area (Å²) < 4.78 is 48.7. The van der Waals surface area contributed by atoms with E-state index < -0.39 is 17.8 Å². The quantitative estimate of drug-likeness (QED) is 0.169. The van der Waals surface area contributed by atoms with Crippen molar-refractivity contribution in [2.24, 2.45) is 5.10 Å². The van der Waals surface area contributed by atoms with Gasteiger partial charge in [-0.2, -0.15) is 23.4 Å². The molecule has 7 nitrogen and oxygen atoms in total. The molecule has 0 fully saturated rings. The second kappa shape index (κ2) is 10.8. The number of hydrogen-bond acceptors (Lipinski definition) is 6. The van der Waals surface area contributed by atoms with Gasteiger partial charge in [-0.05, 0) is 47.3 Å². The van der Waals surface area contributed by atoms with E-state index >= 15 is 0 Å². The van der Waals surface area contributed by atoms with E-state index in [2.05, 4.69) is 36.5 Å². The molecule has 0 aliphatic heterocycles. The molecule has 192 valence electrons. The largest absolute Gasteiger partial charge is 0.488 e. The number of nitrogens with one attached hydrogen (secondary N) is 1. The summed E-state index contributed by atoms with van der Waals surface area (Å²) >= 11 is 4.65. The second-order valence-corrected chi connectivity index (χ2v) is 9.82. The fraction of sp³-hybridized carbons (Fsp3) is 0.0769. The Morgan fingerprint density at radius 2 is 1.89 bits per heavy atom. The van der Waals surface area contributed by atoms with Gasteiger partial charge in [0.05, 0.1) is 16.8 Å². The minimum Gasteiger partial charge on any atom is -0.488 e. The summed E-state index contributed by atoms with van der Waals surface area (Å²) in [6, 6.07) is 20.3. The summed E-state index contributed by atoms with van der Waals surface area (Å²) in [5.41, 5.74) is 2.61. The summed E-state index contributed by atoms with van der Waals surface area (Å²) in [5.74, 6) is -0.243. The highest BCUT2D eigenvalue weighted by Crippen LogP contribution is 2.33. The molecule has 38 heavy (non-hydrogen) atoms. The highest BCUT2D eigenvalue weighted by atomic mass is 79.9. The van der Waals surface area contributed by atoms with E-state index in [9.17, 15) is 18.0 Å².